The fourth-order valence-corrected chi connectivity index (χ4v) is 3.74. The van der Waals surface area contributed by atoms with Gasteiger partial charge in [-0.1, -0.05) is 89.0 Å². The third-order valence-electron chi connectivity index (χ3n) is 5.63. The van der Waals surface area contributed by atoms with Crippen molar-refractivity contribution < 1.29 is 14.9 Å². The van der Waals surface area contributed by atoms with Crippen molar-refractivity contribution in [2.45, 2.75) is 71.1 Å². The second-order valence-electron chi connectivity index (χ2n) is 8.33. The van der Waals surface area contributed by atoms with Crippen molar-refractivity contribution >= 4 is 0 Å². The standard InChI is InChI=1S/C27H35N3O3/c1-2-3-4-5-6-7-8-9-10-15-20-33-27-29-25(21-16-11-13-18-23(21)31)28-26(30-27)22-17-12-14-19-24(22)32/h11-14,16-19,31-32H,2-10,15,20H2,1H3. The number of aromatic hydroxyl groups is 2. The predicted octanol–water partition coefficient (Wildman–Crippen LogP) is 6.92. The van der Waals surface area contributed by atoms with Crippen LogP contribution in [0.5, 0.6) is 17.5 Å². The van der Waals surface area contributed by atoms with Gasteiger partial charge in [0, 0.05) is 0 Å². The number of ether oxygens (including phenoxy) is 1. The highest BCUT2D eigenvalue weighted by Crippen LogP contribution is 2.31. The number of nitrogens with zero attached hydrogens (tertiary/aromatic N) is 3. The van der Waals surface area contributed by atoms with Gasteiger partial charge in [0.25, 0.3) is 0 Å². The fourth-order valence-electron chi connectivity index (χ4n) is 3.74. The highest BCUT2D eigenvalue weighted by Gasteiger charge is 2.15. The van der Waals surface area contributed by atoms with Crippen LogP contribution in [0.1, 0.15) is 71.1 Å². The third kappa shape index (κ3) is 7.74. The van der Waals surface area contributed by atoms with Crippen molar-refractivity contribution in [2.75, 3.05) is 6.61 Å². The Morgan fingerprint density at radius 2 is 1.06 bits per heavy atom. The number of phenolic OH excluding ortho intramolecular Hbond substituents is 2. The summed E-state index contributed by atoms with van der Waals surface area (Å²) in [6.07, 6.45) is 12.5. The molecule has 0 amide bonds. The number of unbranched alkanes of at least 4 members (excludes halogenated alkanes) is 9. The SMILES string of the molecule is CCCCCCCCCCCCOc1nc(-c2ccccc2O)nc(-c2ccccc2O)n1. The molecular weight excluding hydrogens is 414 g/mol. The van der Waals surface area contributed by atoms with E-state index < -0.39 is 0 Å². The first kappa shape index (κ1) is 24.5. The molecule has 33 heavy (non-hydrogen) atoms. The molecule has 1 heterocycles. The average molecular weight is 450 g/mol. The largest absolute Gasteiger partial charge is 0.507 e. The maximum absolute atomic E-state index is 10.3. The third-order valence-corrected chi connectivity index (χ3v) is 5.63. The number of benzene rings is 2. The van der Waals surface area contributed by atoms with Gasteiger partial charge in [-0.2, -0.15) is 9.97 Å². The summed E-state index contributed by atoms with van der Waals surface area (Å²) >= 11 is 0. The molecule has 0 atom stereocenters. The molecule has 1 aromatic heterocycles. The van der Waals surface area contributed by atoms with E-state index in [4.69, 9.17) is 4.74 Å². The minimum atomic E-state index is 0.0765. The predicted molar refractivity (Wildman–Crippen MR) is 131 cm³/mol. The molecule has 3 aromatic rings. The van der Waals surface area contributed by atoms with E-state index in [1.807, 2.05) is 12.1 Å². The number of aromatic nitrogens is 3. The maximum Gasteiger partial charge on any atom is 0.320 e. The Morgan fingerprint density at radius 1 is 0.606 bits per heavy atom. The summed E-state index contributed by atoms with van der Waals surface area (Å²) in [5, 5.41) is 20.5. The summed E-state index contributed by atoms with van der Waals surface area (Å²) in [4.78, 5) is 13.3. The van der Waals surface area contributed by atoms with Crippen LogP contribution in [0.15, 0.2) is 48.5 Å². The lowest BCUT2D eigenvalue weighted by molar-refractivity contribution is 0.281. The topological polar surface area (TPSA) is 88.4 Å². The zero-order valence-corrected chi connectivity index (χ0v) is 19.5. The first-order valence-electron chi connectivity index (χ1n) is 12.1. The van der Waals surface area contributed by atoms with Crippen LogP contribution in [0, 0.1) is 0 Å². The molecule has 176 valence electrons. The zero-order valence-electron chi connectivity index (χ0n) is 19.5. The monoisotopic (exact) mass is 449 g/mol. The van der Waals surface area contributed by atoms with Crippen LogP contribution in [-0.4, -0.2) is 31.8 Å². The normalized spacial score (nSPS) is 10.9. The average Bonchev–Trinajstić information content (AvgIpc) is 2.83. The number of para-hydroxylation sites is 2. The van der Waals surface area contributed by atoms with Gasteiger partial charge in [0.2, 0.25) is 0 Å². The molecular formula is C27H35N3O3. The van der Waals surface area contributed by atoms with E-state index in [2.05, 4.69) is 21.9 Å². The second-order valence-corrected chi connectivity index (χ2v) is 8.33. The van der Waals surface area contributed by atoms with E-state index in [0.29, 0.717) is 29.4 Å². The Morgan fingerprint density at radius 3 is 1.55 bits per heavy atom. The number of hydrogen-bond acceptors (Lipinski definition) is 6. The van der Waals surface area contributed by atoms with E-state index in [0.717, 1.165) is 12.8 Å². The second kappa shape index (κ2) is 13.4. The molecule has 6 heteroatoms. The summed E-state index contributed by atoms with van der Waals surface area (Å²) in [6.45, 7) is 2.76. The molecule has 0 bridgehead atoms. The molecule has 0 spiro atoms. The fraction of sp³-hybridized carbons (Fsp3) is 0.444. The zero-order chi connectivity index (χ0) is 23.3. The van der Waals surface area contributed by atoms with E-state index in [1.54, 1.807) is 36.4 Å². The van der Waals surface area contributed by atoms with Crippen molar-refractivity contribution in [3.8, 4) is 40.3 Å². The van der Waals surface area contributed by atoms with Crippen molar-refractivity contribution in [1.29, 1.82) is 0 Å². The van der Waals surface area contributed by atoms with Crippen LogP contribution in [-0.2, 0) is 0 Å². The van der Waals surface area contributed by atoms with Gasteiger partial charge < -0.3 is 14.9 Å². The summed E-state index contributed by atoms with van der Waals surface area (Å²) in [5.41, 5.74) is 0.973. The molecule has 0 saturated heterocycles. The molecule has 3 rings (SSSR count). The lowest BCUT2D eigenvalue weighted by Gasteiger charge is -2.10. The molecule has 6 nitrogen and oxygen atoms in total. The lowest BCUT2D eigenvalue weighted by Crippen LogP contribution is -2.05. The van der Waals surface area contributed by atoms with Gasteiger partial charge in [-0.25, -0.2) is 4.98 Å². The highest BCUT2D eigenvalue weighted by atomic mass is 16.5. The summed E-state index contributed by atoms with van der Waals surface area (Å²) in [5.74, 6) is 0.763. The molecule has 0 unspecified atom stereocenters. The molecule has 2 N–H and O–H groups in total. The van der Waals surface area contributed by atoms with Gasteiger partial charge in [0.05, 0.1) is 17.7 Å². The van der Waals surface area contributed by atoms with Crippen molar-refractivity contribution in [2.24, 2.45) is 0 Å². The smallest absolute Gasteiger partial charge is 0.320 e. The molecule has 0 aliphatic rings. The quantitative estimate of drug-likeness (QED) is 0.260. The summed E-state index contributed by atoms with van der Waals surface area (Å²) in [7, 11) is 0. The van der Waals surface area contributed by atoms with E-state index in [1.165, 1.54) is 51.4 Å². The molecule has 0 radical (unpaired) electrons. The van der Waals surface area contributed by atoms with Gasteiger partial charge in [0.1, 0.15) is 11.5 Å². The Kier molecular flexibility index (Phi) is 9.95. The van der Waals surface area contributed by atoms with Crippen molar-refractivity contribution in [3.63, 3.8) is 0 Å². The van der Waals surface area contributed by atoms with Crippen LogP contribution in [0.3, 0.4) is 0 Å². The van der Waals surface area contributed by atoms with Crippen LogP contribution in [0.2, 0.25) is 0 Å². The van der Waals surface area contributed by atoms with E-state index in [-0.39, 0.29) is 17.5 Å². The minimum absolute atomic E-state index is 0.0765. The van der Waals surface area contributed by atoms with Crippen molar-refractivity contribution in [3.05, 3.63) is 48.5 Å². The Balaban J connectivity index is 1.59. The van der Waals surface area contributed by atoms with Gasteiger partial charge in [-0.3, -0.25) is 0 Å². The Hall–Kier alpha value is -3.15. The molecule has 0 saturated carbocycles. The van der Waals surface area contributed by atoms with Crippen LogP contribution < -0.4 is 4.74 Å². The minimum Gasteiger partial charge on any atom is -0.507 e. The maximum atomic E-state index is 10.3. The number of hydrogen-bond donors (Lipinski definition) is 2. The first-order chi connectivity index (χ1) is 16.2. The first-order valence-corrected chi connectivity index (χ1v) is 12.1. The summed E-state index contributed by atoms with van der Waals surface area (Å²) < 4.78 is 5.86. The van der Waals surface area contributed by atoms with Gasteiger partial charge >= 0.3 is 6.01 Å². The van der Waals surface area contributed by atoms with Crippen LogP contribution in [0.25, 0.3) is 22.8 Å². The van der Waals surface area contributed by atoms with Gasteiger partial charge in [0.15, 0.2) is 11.6 Å². The van der Waals surface area contributed by atoms with Crippen molar-refractivity contribution in [1.82, 2.24) is 15.0 Å². The van der Waals surface area contributed by atoms with E-state index >= 15 is 0 Å². The lowest BCUT2D eigenvalue weighted by atomic mass is 10.1. The Bertz CT molecular complexity index is 930. The molecule has 2 aromatic carbocycles. The molecule has 0 aliphatic carbocycles. The number of phenols is 2. The van der Waals surface area contributed by atoms with Gasteiger partial charge in [-0.05, 0) is 30.7 Å². The highest BCUT2D eigenvalue weighted by molar-refractivity contribution is 5.68. The molecule has 0 fully saturated rings. The van der Waals surface area contributed by atoms with Gasteiger partial charge in [-0.15, -0.1) is 0 Å². The molecule has 0 aliphatic heterocycles. The number of rotatable bonds is 14. The summed E-state index contributed by atoms with van der Waals surface area (Å²) in [6, 6.07) is 13.9. The Labute approximate surface area is 196 Å². The van der Waals surface area contributed by atoms with E-state index in [9.17, 15) is 10.2 Å². The van der Waals surface area contributed by atoms with Crippen LogP contribution >= 0.6 is 0 Å². The van der Waals surface area contributed by atoms with Crippen LogP contribution in [0.4, 0.5) is 0 Å².